The summed E-state index contributed by atoms with van der Waals surface area (Å²) in [6, 6.07) is 8.13. The van der Waals surface area contributed by atoms with Gasteiger partial charge in [-0.05, 0) is 31.2 Å². The first kappa shape index (κ1) is 20.9. The molecule has 2 heterocycles. The third kappa shape index (κ3) is 3.66. The van der Waals surface area contributed by atoms with Gasteiger partial charge >= 0.3 is 0 Å². The van der Waals surface area contributed by atoms with Gasteiger partial charge in [-0.3, -0.25) is 4.79 Å². The van der Waals surface area contributed by atoms with Crippen molar-refractivity contribution in [2.45, 2.75) is 37.6 Å². The molecule has 1 aliphatic rings. The number of fused-ring (bicyclic) bond motifs is 1. The van der Waals surface area contributed by atoms with E-state index < -0.39 is 47.6 Å². The van der Waals surface area contributed by atoms with Gasteiger partial charge in [0.15, 0.2) is 16.9 Å². The number of rotatable bonds is 3. The molecule has 0 amide bonds. The normalized spacial score (nSPS) is 26.1. The molecule has 1 aromatic heterocycles. The first-order valence-corrected chi connectivity index (χ1v) is 9.36. The molecule has 10 nitrogen and oxygen atoms in total. The second-order valence-corrected chi connectivity index (χ2v) is 7.27. The summed E-state index contributed by atoms with van der Waals surface area (Å²) in [7, 11) is 0. The van der Waals surface area contributed by atoms with Crippen LogP contribution in [0.2, 0.25) is 0 Å². The highest BCUT2D eigenvalue weighted by Gasteiger charge is 2.43. The van der Waals surface area contributed by atoms with Gasteiger partial charge in [0, 0.05) is 17.7 Å². The van der Waals surface area contributed by atoms with Crippen LogP contribution in [0, 0.1) is 0 Å². The molecule has 2 unspecified atom stereocenters. The zero-order chi connectivity index (χ0) is 22.4. The summed E-state index contributed by atoms with van der Waals surface area (Å²) in [4.78, 5) is 12.5. The Kier molecular flexibility index (Phi) is 5.23. The number of aliphatic hydroxyl groups excluding tert-OH is 3. The molecule has 1 saturated heterocycles. The molecule has 0 spiro atoms. The van der Waals surface area contributed by atoms with Gasteiger partial charge in [0.25, 0.3) is 0 Å². The first-order valence-electron chi connectivity index (χ1n) is 9.36. The molecule has 5 atom stereocenters. The SMILES string of the molecule is CC1O[C@@H](Oc2cc3oc(-c4ccc(O)cc4)cc(=O)c3c(O)c2O)C(O)[C@@H](O)[C@H]1O. The molecular weight excluding hydrogens is 412 g/mol. The minimum Gasteiger partial charge on any atom is -0.508 e. The average molecular weight is 432 g/mol. The maximum absolute atomic E-state index is 12.5. The Hall–Kier alpha value is -3.31. The summed E-state index contributed by atoms with van der Waals surface area (Å²) in [5, 5.41) is 59.6. The standard InChI is InChI=1S/C21H20O10/c1-8-16(24)19(27)20(28)21(29-8)31-14-7-13-15(18(26)17(14)25)11(23)6-12(30-13)9-2-4-10(22)5-3-9/h2-8,16,19-22,24-28H,1H3/t8?,16-,19-,20?,21-/m0/s1. The predicted octanol–water partition coefficient (Wildman–Crippen LogP) is 0.783. The van der Waals surface area contributed by atoms with Crippen molar-refractivity contribution in [2.75, 3.05) is 0 Å². The van der Waals surface area contributed by atoms with E-state index in [4.69, 9.17) is 13.9 Å². The predicted molar refractivity (Wildman–Crippen MR) is 106 cm³/mol. The summed E-state index contributed by atoms with van der Waals surface area (Å²) in [6.45, 7) is 1.46. The summed E-state index contributed by atoms with van der Waals surface area (Å²) >= 11 is 0. The average Bonchev–Trinajstić information content (AvgIpc) is 2.74. The van der Waals surface area contributed by atoms with E-state index in [1.807, 2.05) is 0 Å². The van der Waals surface area contributed by atoms with Crippen LogP contribution in [-0.4, -0.2) is 61.3 Å². The molecule has 10 heteroatoms. The van der Waals surface area contributed by atoms with Crippen molar-refractivity contribution < 1.29 is 44.5 Å². The van der Waals surface area contributed by atoms with Gasteiger partial charge in [-0.15, -0.1) is 0 Å². The van der Waals surface area contributed by atoms with Crippen molar-refractivity contribution in [1.29, 1.82) is 0 Å². The molecular formula is C21H20O10. The highest BCUT2D eigenvalue weighted by molar-refractivity contribution is 5.89. The highest BCUT2D eigenvalue weighted by atomic mass is 16.7. The van der Waals surface area contributed by atoms with Gasteiger partial charge in [-0.25, -0.2) is 0 Å². The largest absolute Gasteiger partial charge is 0.508 e. The van der Waals surface area contributed by atoms with Gasteiger partial charge in [0.2, 0.25) is 12.0 Å². The summed E-state index contributed by atoms with van der Waals surface area (Å²) in [5.41, 5.74) is -0.284. The van der Waals surface area contributed by atoms with Crippen LogP contribution in [-0.2, 0) is 4.74 Å². The smallest absolute Gasteiger partial charge is 0.229 e. The number of ether oxygens (including phenoxy) is 2. The fraction of sp³-hybridized carbons (Fsp3) is 0.286. The van der Waals surface area contributed by atoms with Crippen molar-refractivity contribution in [3.63, 3.8) is 0 Å². The van der Waals surface area contributed by atoms with Gasteiger partial charge < -0.3 is 44.5 Å². The van der Waals surface area contributed by atoms with Crippen LogP contribution in [0.15, 0.2) is 45.6 Å². The minimum absolute atomic E-state index is 0.0257. The maximum atomic E-state index is 12.5. The third-order valence-corrected chi connectivity index (χ3v) is 5.13. The first-order chi connectivity index (χ1) is 14.7. The fourth-order valence-corrected chi connectivity index (χ4v) is 3.36. The van der Waals surface area contributed by atoms with Gasteiger partial charge in [-0.1, -0.05) is 0 Å². The van der Waals surface area contributed by atoms with E-state index in [9.17, 15) is 35.4 Å². The Morgan fingerprint density at radius 2 is 1.58 bits per heavy atom. The Morgan fingerprint density at radius 3 is 2.26 bits per heavy atom. The van der Waals surface area contributed by atoms with Gasteiger partial charge in [-0.2, -0.15) is 0 Å². The lowest BCUT2D eigenvalue weighted by atomic mass is 10.00. The van der Waals surface area contributed by atoms with E-state index in [0.29, 0.717) is 5.56 Å². The summed E-state index contributed by atoms with van der Waals surface area (Å²) in [6.07, 6.45) is -6.94. The number of aromatic hydroxyl groups is 3. The Morgan fingerprint density at radius 1 is 0.903 bits per heavy atom. The van der Waals surface area contributed by atoms with E-state index in [1.54, 1.807) is 0 Å². The third-order valence-electron chi connectivity index (χ3n) is 5.13. The number of hydrogen-bond donors (Lipinski definition) is 6. The van der Waals surface area contributed by atoms with Crippen LogP contribution in [0.5, 0.6) is 23.0 Å². The molecule has 3 aromatic rings. The molecule has 0 aliphatic carbocycles. The number of phenolic OH excluding ortho intramolecular Hbond substituents is 3. The molecule has 31 heavy (non-hydrogen) atoms. The molecule has 6 N–H and O–H groups in total. The van der Waals surface area contributed by atoms with Crippen LogP contribution in [0.1, 0.15) is 6.92 Å². The molecule has 0 bridgehead atoms. The van der Waals surface area contributed by atoms with Crippen LogP contribution < -0.4 is 10.2 Å². The zero-order valence-corrected chi connectivity index (χ0v) is 16.2. The lowest BCUT2D eigenvalue weighted by Crippen LogP contribution is -2.58. The van der Waals surface area contributed by atoms with Crippen molar-refractivity contribution >= 4 is 11.0 Å². The molecule has 0 radical (unpaired) electrons. The number of hydrogen-bond acceptors (Lipinski definition) is 10. The zero-order valence-electron chi connectivity index (χ0n) is 16.2. The lowest BCUT2D eigenvalue weighted by molar-refractivity contribution is -0.268. The van der Waals surface area contributed by atoms with Crippen molar-refractivity contribution in [3.8, 4) is 34.3 Å². The number of aliphatic hydroxyl groups is 3. The van der Waals surface area contributed by atoms with Crippen LogP contribution in [0.4, 0.5) is 0 Å². The Labute approximate surface area is 174 Å². The molecule has 1 aliphatic heterocycles. The summed E-state index contributed by atoms with van der Waals surface area (Å²) < 4.78 is 16.5. The lowest BCUT2D eigenvalue weighted by Gasteiger charge is -2.38. The molecule has 2 aromatic carbocycles. The second-order valence-electron chi connectivity index (χ2n) is 7.27. The van der Waals surface area contributed by atoms with Crippen LogP contribution in [0.25, 0.3) is 22.3 Å². The van der Waals surface area contributed by atoms with E-state index in [0.717, 1.165) is 12.1 Å². The Bertz CT molecular complexity index is 1170. The number of benzene rings is 2. The van der Waals surface area contributed by atoms with Crippen molar-refractivity contribution in [3.05, 3.63) is 46.6 Å². The monoisotopic (exact) mass is 432 g/mol. The molecule has 164 valence electrons. The van der Waals surface area contributed by atoms with E-state index in [1.165, 1.54) is 31.2 Å². The van der Waals surface area contributed by atoms with Gasteiger partial charge in [0.1, 0.15) is 40.8 Å². The van der Waals surface area contributed by atoms with E-state index >= 15 is 0 Å². The molecule has 1 fully saturated rings. The van der Waals surface area contributed by atoms with Gasteiger partial charge in [0.05, 0.1) is 6.10 Å². The van der Waals surface area contributed by atoms with Crippen molar-refractivity contribution in [1.82, 2.24) is 0 Å². The van der Waals surface area contributed by atoms with Crippen LogP contribution in [0.3, 0.4) is 0 Å². The maximum Gasteiger partial charge on any atom is 0.229 e. The van der Waals surface area contributed by atoms with Crippen LogP contribution >= 0.6 is 0 Å². The topological polar surface area (TPSA) is 170 Å². The Balaban J connectivity index is 1.77. The number of phenols is 3. The minimum atomic E-state index is -1.65. The van der Waals surface area contributed by atoms with E-state index in [2.05, 4.69) is 0 Å². The quantitative estimate of drug-likeness (QED) is 0.325. The summed E-state index contributed by atoms with van der Waals surface area (Å²) in [5.74, 6) is -1.80. The second kappa shape index (κ2) is 7.75. The van der Waals surface area contributed by atoms with E-state index in [-0.39, 0.29) is 28.2 Å². The fourth-order valence-electron chi connectivity index (χ4n) is 3.36. The highest BCUT2D eigenvalue weighted by Crippen LogP contribution is 2.42. The van der Waals surface area contributed by atoms with Crippen molar-refractivity contribution in [2.24, 2.45) is 0 Å². The molecule has 4 rings (SSSR count). The molecule has 0 saturated carbocycles.